The third-order valence-electron chi connectivity index (χ3n) is 3.02. The lowest BCUT2D eigenvalue weighted by Crippen LogP contribution is -2.29. The van der Waals surface area contributed by atoms with E-state index in [1.54, 1.807) is 0 Å². The topological polar surface area (TPSA) is 80.5 Å². The molecule has 2 rings (SSSR count). The van der Waals surface area contributed by atoms with Crippen molar-refractivity contribution in [3.05, 3.63) is 28.3 Å². The predicted octanol–water partition coefficient (Wildman–Crippen LogP) is 1.50. The zero-order valence-electron chi connectivity index (χ0n) is 10.2. The normalized spacial score (nSPS) is 15.7. The Labute approximate surface area is 119 Å². The third kappa shape index (κ3) is 2.63. The van der Waals surface area contributed by atoms with Gasteiger partial charge in [0.1, 0.15) is 4.90 Å². The maximum absolute atomic E-state index is 13.5. The molecule has 110 valence electrons. The quantitative estimate of drug-likeness (QED) is 0.837. The Morgan fingerprint density at radius 2 is 1.85 bits per heavy atom. The highest BCUT2D eigenvalue weighted by Crippen LogP contribution is 2.30. The van der Waals surface area contributed by atoms with E-state index in [-0.39, 0.29) is 0 Å². The lowest BCUT2D eigenvalue weighted by atomic mass is 10.2. The summed E-state index contributed by atoms with van der Waals surface area (Å²) in [4.78, 5) is 12.3. The lowest BCUT2D eigenvalue weighted by molar-refractivity contribution is 0.0792. The highest BCUT2D eigenvalue weighted by molar-refractivity contribution is 7.89. The van der Waals surface area contributed by atoms with Crippen molar-refractivity contribution in [1.82, 2.24) is 4.90 Å². The summed E-state index contributed by atoms with van der Waals surface area (Å²) in [6, 6.07) is 0.590. The van der Waals surface area contributed by atoms with E-state index in [9.17, 15) is 22.0 Å². The van der Waals surface area contributed by atoms with Crippen LogP contribution in [0, 0.1) is 11.6 Å². The maximum atomic E-state index is 13.5. The summed E-state index contributed by atoms with van der Waals surface area (Å²) < 4.78 is 49.6. The van der Waals surface area contributed by atoms with E-state index in [2.05, 4.69) is 0 Å². The van der Waals surface area contributed by atoms with Gasteiger partial charge in [0, 0.05) is 13.1 Å². The number of carbonyl (C=O) groups is 1. The molecule has 9 heteroatoms. The average molecular weight is 325 g/mol. The molecule has 5 nitrogen and oxygen atoms in total. The first-order valence-corrected chi connectivity index (χ1v) is 7.65. The number of carbonyl (C=O) groups excluding carboxylic acids is 1. The van der Waals surface area contributed by atoms with Crippen LogP contribution in [0.3, 0.4) is 0 Å². The fraction of sp³-hybridized carbons (Fsp3) is 0.364. The number of hydrogen-bond acceptors (Lipinski definition) is 3. The predicted molar refractivity (Wildman–Crippen MR) is 67.9 cm³/mol. The maximum Gasteiger partial charge on any atom is 0.255 e. The van der Waals surface area contributed by atoms with Gasteiger partial charge in [0.05, 0.1) is 10.6 Å². The Hall–Kier alpha value is -1.25. The minimum Gasteiger partial charge on any atom is -0.339 e. The Bertz CT molecular complexity index is 673. The number of nitrogens with two attached hydrogens (primary N) is 1. The fourth-order valence-electron chi connectivity index (χ4n) is 2.08. The van der Waals surface area contributed by atoms with Crippen LogP contribution in [0.15, 0.2) is 11.0 Å². The molecule has 1 aliphatic heterocycles. The van der Waals surface area contributed by atoms with Gasteiger partial charge < -0.3 is 4.90 Å². The van der Waals surface area contributed by atoms with Crippen molar-refractivity contribution >= 4 is 27.5 Å². The standard InChI is InChI=1S/C11H11ClF2N2O3S/c12-8-6(11(17)16-3-1-2-4-16)5-7(13)9(14)10(8)20(15,18)19/h5H,1-4H2,(H2,15,18,19). The molecule has 0 bridgehead atoms. The van der Waals surface area contributed by atoms with Crippen LogP contribution in [0.1, 0.15) is 23.2 Å². The van der Waals surface area contributed by atoms with E-state index < -0.39 is 43.0 Å². The van der Waals surface area contributed by atoms with Crippen molar-refractivity contribution in [1.29, 1.82) is 0 Å². The van der Waals surface area contributed by atoms with Gasteiger partial charge >= 0.3 is 0 Å². The summed E-state index contributed by atoms with van der Waals surface area (Å²) >= 11 is 5.73. The molecule has 0 aromatic heterocycles. The summed E-state index contributed by atoms with van der Waals surface area (Å²) in [5.74, 6) is -3.81. The van der Waals surface area contributed by atoms with Gasteiger partial charge in [-0.2, -0.15) is 0 Å². The van der Waals surface area contributed by atoms with Crippen LogP contribution >= 0.6 is 11.6 Å². The SMILES string of the molecule is NS(=O)(=O)c1c(F)c(F)cc(C(=O)N2CCCC2)c1Cl. The van der Waals surface area contributed by atoms with Crippen molar-refractivity contribution < 1.29 is 22.0 Å². The van der Waals surface area contributed by atoms with Crippen molar-refractivity contribution in [3.8, 4) is 0 Å². The average Bonchev–Trinajstić information content (AvgIpc) is 2.85. The second-order valence-electron chi connectivity index (χ2n) is 4.41. The van der Waals surface area contributed by atoms with E-state index in [0.29, 0.717) is 19.2 Å². The Balaban J connectivity index is 2.60. The zero-order chi connectivity index (χ0) is 15.1. The fourth-order valence-corrected chi connectivity index (χ4v) is 3.32. The van der Waals surface area contributed by atoms with Gasteiger partial charge in [-0.25, -0.2) is 22.3 Å². The number of hydrogen-bond donors (Lipinski definition) is 1. The molecule has 1 heterocycles. The molecule has 1 saturated heterocycles. The van der Waals surface area contributed by atoms with Crippen LogP contribution in [0.25, 0.3) is 0 Å². The number of likely N-dealkylation sites (tertiary alicyclic amines) is 1. The minimum atomic E-state index is -4.58. The van der Waals surface area contributed by atoms with Gasteiger partial charge in [-0.15, -0.1) is 0 Å². The van der Waals surface area contributed by atoms with E-state index in [1.807, 2.05) is 0 Å². The Kier molecular flexibility index (Phi) is 3.99. The van der Waals surface area contributed by atoms with Crippen LogP contribution < -0.4 is 5.14 Å². The molecule has 1 fully saturated rings. The van der Waals surface area contributed by atoms with Crippen molar-refractivity contribution in [2.24, 2.45) is 5.14 Å². The monoisotopic (exact) mass is 324 g/mol. The molecule has 1 amide bonds. The first kappa shape index (κ1) is 15.1. The number of rotatable bonds is 2. The van der Waals surface area contributed by atoms with Gasteiger partial charge in [0.15, 0.2) is 11.6 Å². The van der Waals surface area contributed by atoms with E-state index in [0.717, 1.165) is 12.8 Å². The van der Waals surface area contributed by atoms with E-state index >= 15 is 0 Å². The Morgan fingerprint density at radius 1 is 1.30 bits per heavy atom. The molecule has 1 aromatic rings. The van der Waals surface area contributed by atoms with Crippen molar-refractivity contribution in [3.63, 3.8) is 0 Å². The summed E-state index contributed by atoms with van der Waals surface area (Å²) in [5.41, 5.74) is -0.406. The molecule has 2 N–H and O–H groups in total. The second kappa shape index (κ2) is 5.27. The Morgan fingerprint density at radius 3 is 2.35 bits per heavy atom. The van der Waals surface area contributed by atoms with Gasteiger partial charge in [0.25, 0.3) is 5.91 Å². The summed E-state index contributed by atoms with van der Waals surface area (Å²) in [6.45, 7) is 0.914. The summed E-state index contributed by atoms with van der Waals surface area (Å²) in [6.07, 6.45) is 1.57. The second-order valence-corrected chi connectivity index (χ2v) is 6.28. The molecule has 0 radical (unpaired) electrons. The van der Waals surface area contributed by atoms with Gasteiger partial charge in [-0.05, 0) is 18.9 Å². The van der Waals surface area contributed by atoms with Gasteiger partial charge in [0.2, 0.25) is 10.0 Å². The number of benzene rings is 1. The van der Waals surface area contributed by atoms with Crippen LogP contribution in [0.2, 0.25) is 5.02 Å². The van der Waals surface area contributed by atoms with Crippen LogP contribution in [-0.4, -0.2) is 32.3 Å². The molecule has 1 aliphatic rings. The number of amides is 1. The molecule has 0 unspecified atom stereocenters. The van der Waals surface area contributed by atoms with E-state index in [1.165, 1.54) is 4.90 Å². The third-order valence-corrected chi connectivity index (χ3v) is 4.48. The van der Waals surface area contributed by atoms with E-state index in [4.69, 9.17) is 16.7 Å². The van der Waals surface area contributed by atoms with Crippen molar-refractivity contribution in [2.45, 2.75) is 17.7 Å². The lowest BCUT2D eigenvalue weighted by Gasteiger charge is -2.17. The summed E-state index contributed by atoms with van der Waals surface area (Å²) in [5, 5.41) is 4.11. The van der Waals surface area contributed by atoms with Crippen LogP contribution in [-0.2, 0) is 10.0 Å². The number of halogens is 3. The summed E-state index contributed by atoms with van der Waals surface area (Å²) in [7, 11) is -4.58. The molecule has 0 spiro atoms. The molecule has 0 saturated carbocycles. The molecule has 1 aromatic carbocycles. The molecular formula is C11H11ClF2N2O3S. The zero-order valence-corrected chi connectivity index (χ0v) is 11.8. The number of sulfonamides is 1. The molecule has 0 aliphatic carbocycles. The minimum absolute atomic E-state index is 0.406. The van der Waals surface area contributed by atoms with Crippen molar-refractivity contribution in [2.75, 3.05) is 13.1 Å². The highest BCUT2D eigenvalue weighted by Gasteiger charge is 2.30. The first-order valence-electron chi connectivity index (χ1n) is 5.73. The largest absolute Gasteiger partial charge is 0.339 e. The molecular weight excluding hydrogens is 314 g/mol. The first-order chi connectivity index (χ1) is 9.23. The molecule has 20 heavy (non-hydrogen) atoms. The highest BCUT2D eigenvalue weighted by atomic mass is 35.5. The molecule has 0 atom stereocenters. The number of primary sulfonamides is 1. The van der Waals surface area contributed by atoms with Gasteiger partial charge in [-0.3, -0.25) is 4.79 Å². The van der Waals surface area contributed by atoms with Crippen LogP contribution in [0.4, 0.5) is 8.78 Å². The van der Waals surface area contributed by atoms with Gasteiger partial charge in [-0.1, -0.05) is 11.6 Å². The smallest absolute Gasteiger partial charge is 0.255 e. The number of nitrogens with zero attached hydrogens (tertiary/aromatic N) is 1. The van der Waals surface area contributed by atoms with Crippen LogP contribution in [0.5, 0.6) is 0 Å².